The summed E-state index contributed by atoms with van der Waals surface area (Å²) >= 11 is 0. The molecule has 0 bridgehead atoms. The molecule has 1 unspecified atom stereocenters. The summed E-state index contributed by atoms with van der Waals surface area (Å²) in [5.41, 5.74) is 2.39. The highest BCUT2D eigenvalue weighted by Crippen LogP contribution is 2.27. The lowest BCUT2D eigenvalue weighted by Crippen LogP contribution is -2.44. The molecule has 0 aliphatic carbocycles. The SMILES string of the molecule is CN(C)Cc1c(C(=O)NCC(c2cccc(F)c2)N2CCOCC2)oc2ccccc12. The van der Waals surface area contributed by atoms with Crippen molar-refractivity contribution in [2.75, 3.05) is 46.9 Å². The van der Waals surface area contributed by atoms with Gasteiger partial charge in [-0.15, -0.1) is 0 Å². The second-order valence-electron chi connectivity index (χ2n) is 8.07. The maximum absolute atomic E-state index is 13.9. The van der Waals surface area contributed by atoms with Crippen molar-refractivity contribution in [1.82, 2.24) is 15.1 Å². The Labute approximate surface area is 181 Å². The highest BCUT2D eigenvalue weighted by Gasteiger charge is 2.26. The van der Waals surface area contributed by atoms with Gasteiger partial charge in [-0.25, -0.2) is 4.39 Å². The van der Waals surface area contributed by atoms with Gasteiger partial charge in [-0.1, -0.05) is 30.3 Å². The first-order chi connectivity index (χ1) is 15.0. The first-order valence-electron chi connectivity index (χ1n) is 10.5. The molecular formula is C24H28FN3O3. The van der Waals surface area contributed by atoms with Gasteiger partial charge in [0.05, 0.1) is 19.3 Å². The fourth-order valence-corrected chi connectivity index (χ4v) is 4.09. The number of morpholine rings is 1. The lowest BCUT2D eigenvalue weighted by atomic mass is 10.0. The maximum atomic E-state index is 13.9. The molecule has 4 rings (SSSR count). The number of hydrogen-bond donors (Lipinski definition) is 1. The van der Waals surface area contributed by atoms with Crippen molar-refractivity contribution >= 4 is 16.9 Å². The van der Waals surface area contributed by atoms with Crippen molar-refractivity contribution in [3.05, 3.63) is 71.2 Å². The second-order valence-corrected chi connectivity index (χ2v) is 8.07. The first kappa shape index (κ1) is 21.5. The van der Waals surface area contributed by atoms with Gasteiger partial charge in [-0.2, -0.15) is 0 Å². The molecule has 1 atom stereocenters. The van der Waals surface area contributed by atoms with Crippen molar-refractivity contribution in [3.63, 3.8) is 0 Å². The van der Waals surface area contributed by atoms with E-state index < -0.39 is 0 Å². The van der Waals surface area contributed by atoms with E-state index in [9.17, 15) is 9.18 Å². The number of fused-ring (bicyclic) bond motifs is 1. The van der Waals surface area contributed by atoms with E-state index in [4.69, 9.17) is 9.15 Å². The molecule has 1 fully saturated rings. The van der Waals surface area contributed by atoms with Crippen LogP contribution in [0.15, 0.2) is 52.9 Å². The summed E-state index contributed by atoms with van der Waals surface area (Å²) in [4.78, 5) is 17.4. The average Bonchev–Trinajstić information content (AvgIpc) is 3.13. The molecule has 1 aromatic heterocycles. The highest BCUT2D eigenvalue weighted by atomic mass is 19.1. The summed E-state index contributed by atoms with van der Waals surface area (Å²) in [7, 11) is 3.92. The van der Waals surface area contributed by atoms with Gasteiger partial charge in [-0.05, 0) is 37.9 Å². The standard InChI is InChI=1S/C24H28FN3O3/c1-27(2)16-20-19-8-3-4-9-22(19)31-23(20)24(29)26-15-21(28-10-12-30-13-11-28)17-6-5-7-18(25)14-17/h3-9,14,21H,10-13,15-16H2,1-2H3,(H,26,29). The molecule has 1 aliphatic heterocycles. The number of hydrogen-bond acceptors (Lipinski definition) is 5. The topological polar surface area (TPSA) is 58.0 Å². The Balaban J connectivity index is 1.58. The van der Waals surface area contributed by atoms with Gasteiger partial charge >= 0.3 is 0 Å². The van der Waals surface area contributed by atoms with Crippen molar-refractivity contribution < 1.29 is 18.3 Å². The first-order valence-corrected chi connectivity index (χ1v) is 10.5. The van der Waals surface area contributed by atoms with Gasteiger partial charge in [0.15, 0.2) is 5.76 Å². The maximum Gasteiger partial charge on any atom is 0.287 e. The minimum atomic E-state index is -0.285. The zero-order chi connectivity index (χ0) is 21.8. The average molecular weight is 426 g/mol. The fraction of sp³-hybridized carbons (Fsp3) is 0.375. The number of amides is 1. The molecule has 6 nitrogen and oxygen atoms in total. The molecule has 7 heteroatoms. The predicted octanol–water partition coefficient (Wildman–Crippen LogP) is 3.44. The smallest absolute Gasteiger partial charge is 0.287 e. The van der Waals surface area contributed by atoms with E-state index in [0.29, 0.717) is 37.6 Å². The second kappa shape index (κ2) is 9.60. The van der Waals surface area contributed by atoms with E-state index >= 15 is 0 Å². The van der Waals surface area contributed by atoms with Crippen LogP contribution in [0.5, 0.6) is 0 Å². The zero-order valence-electron chi connectivity index (χ0n) is 17.9. The molecule has 1 amide bonds. The molecule has 0 spiro atoms. The summed E-state index contributed by atoms with van der Waals surface area (Å²) < 4.78 is 25.3. The summed E-state index contributed by atoms with van der Waals surface area (Å²) in [5.74, 6) is -0.217. The number of carbonyl (C=O) groups is 1. The summed E-state index contributed by atoms with van der Waals surface area (Å²) in [5, 5.41) is 3.97. The molecule has 1 aliphatic rings. The van der Waals surface area contributed by atoms with Crippen LogP contribution in [0, 0.1) is 5.82 Å². The van der Waals surface area contributed by atoms with Crippen LogP contribution in [0.1, 0.15) is 27.7 Å². The molecule has 3 aromatic rings. The van der Waals surface area contributed by atoms with Crippen LogP contribution in [-0.4, -0.2) is 62.7 Å². The van der Waals surface area contributed by atoms with E-state index in [2.05, 4.69) is 10.2 Å². The lowest BCUT2D eigenvalue weighted by Gasteiger charge is -2.34. The zero-order valence-corrected chi connectivity index (χ0v) is 17.9. The Bertz CT molecular complexity index is 1040. The van der Waals surface area contributed by atoms with Gasteiger partial charge in [0, 0.05) is 37.1 Å². The predicted molar refractivity (Wildman–Crippen MR) is 117 cm³/mol. The van der Waals surface area contributed by atoms with E-state index in [0.717, 1.165) is 29.6 Å². The monoisotopic (exact) mass is 425 g/mol. The van der Waals surface area contributed by atoms with Crippen molar-refractivity contribution in [2.45, 2.75) is 12.6 Å². The van der Waals surface area contributed by atoms with Crippen LogP contribution in [-0.2, 0) is 11.3 Å². The molecule has 31 heavy (non-hydrogen) atoms. The summed E-state index contributed by atoms with van der Waals surface area (Å²) in [6.45, 7) is 3.64. The van der Waals surface area contributed by atoms with Gasteiger partial charge in [-0.3, -0.25) is 9.69 Å². The number of para-hydroxylation sites is 1. The Hall–Kier alpha value is -2.74. The molecular weight excluding hydrogens is 397 g/mol. The third-order valence-corrected chi connectivity index (χ3v) is 5.55. The van der Waals surface area contributed by atoms with E-state index in [1.807, 2.05) is 49.3 Å². The molecule has 164 valence electrons. The van der Waals surface area contributed by atoms with Crippen molar-refractivity contribution in [2.24, 2.45) is 0 Å². The third-order valence-electron chi connectivity index (χ3n) is 5.55. The molecule has 1 N–H and O–H groups in total. The minimum absolute atomic E-state index is 0.148. The molecule has 2 aromatic carbocycles. The Morgan fingerprint density at radius 3 is 2.68 bits per heavy atom. The number of rotatable bonds is 7. The van der Waals surface area contributed by atoms with Crippen LogP contribution < -0.4 is 5.32 Å². The number of furan rings is 1. The molecule has 2 heterocycles. The summed E-state index contributed by atoms with van der Waals surface area (Å²) in [6.07, 6.45) is 0. The fourth-order valence-electron chi connectivity index (χ4n) is 4.09. The Morgan fingerprint density at radius 1 is 1.16 bits per heavy atom. The Kier molecular flexibility index (Phi) is 6.65. The van der Waals surface area contributed by atoms with Crippen molar-refractivity contribution in [3.8, 4) is 0 Å². The van der Waals surface area contributed by atoms with E-state index in [1.165, 1.54) is 12.1 Å². The number of halogens is 1. The number of nitrogens with zero attached hydrogens (tertiary/aromatic N) is 2. The quantitative estimate of drug-likeness (QED) is 0.629. The Morgan fingerprint density at radius 2 is 1.94 bits per heavy atom. The minimum Gasteiger partial charge on any atom is -0.451 e. The van der Waals surface area contributed by atoms with Gasteiger partial charge < -0.3 is 19.4 Å². The van der Waals surface area contributed by atoms with Gasteiger partial charge in [0.25, 0.3) is 5.91 Å². The normalized spacial score (nSPS) is 16.0. The number of ether oxygens (including phenoxy) is 1. The molecule has 1 saturated heterocycles. The molecule has 0 saturated carbocycles. The number of nitrogens with one attached hydrogen (secondary N) is 1. The van der Waals surface area contributed by atoms with Gasteiger partial charge in [0.2, 0.25) is 0 Å². The van der Waals surface area contributed by atoms with Crippen LogP contribution in [0.3, 0.4) is 0 Å². The summed E-state index contributed by atoms with van der Waals surface area (Å²) in [6, 6.07) is 14.1. The van der Waals surface area contributed by atoms with Crippen LogP contribution in [0.4, 0.5) is 4.39 Å². The number of benzene rings is 2. The van der Waals surface area contributed by atoms with Crippen LogP contribution in [0.2, 0.25) is 0 Å². The van der Waals surface area contributed by atoms with Crippen LogP contribution >= 0.6 is 0 Å². The van der Waals surface area contributed by atoms with E-state index in [-0.39, 0.29) is 17.8 Å². The van der Waals surface area contributed by atoms with Crippen molar-refractivity contribution in [1.29, 1.82) is 0 Å². The van der Waals surface area contributed by atoms with Gasteiger partial charge in [0.1, 0.15) is 11.4 Å². The third kappa shape index (κ3) is 4.95. The largest absolute Gasteiger partial charge is 0.451 e. The molecule has 0 radical (unpaired) electrons. The lowest BCUT2D eigenvalue weighted by molar-refractivity contribution is 0.0161. The number of carbonyl (C=O) groups excluding carboxylic acids is 1. The van der Waals surface area contributed by atoms with E-state index in [1.54, 1.807) is 6.07 Å². The van der Waals surface area contributed by atoms with Crippen LogP contribution in [0.25, 0.3) is 11.0 Å². The highest BCUT2D eigenvalue weighted by molar-refractivity contribution is 5.99.